The maximum absolute atomic E-state index is 12.8. The summed E-state index contributed by atoms with van der Waals surface area (Å²) >= 11 is 0. The third-order valence-corrected chi connectivity index (χ3v) is 5.44. The van der Waals surface area contributed by atoms with Crippen LogP contribution in [0.5, 0.6) is 5.75 Å². The molecule has 2 amide bonds. The second kappa shape index (κ2) is 6.09. The molecule has 0 spiro atoms. The van der Waals surface area contributed by atoms with Gasteiger partial charge < -0.3 is 14.5 Å². The lowest BCUT2D eigenvalue weighted by Crippen LogP contribution is -2.68. The van der Waals surface area contributed by atoms with E-state index in [2.05, 4.69) is 11.0 Å². The molecule has 3 fully saturated rings. The summed E-state index contributed by atoms with van der Waals surface area (Å²) in [5.74, 6) is 1.14. The van der Waals surface area contributed by atoms with Gasteiger partial charge in [0.15, 0.2) is 0 Å². The summed E-state index contributed by atoms with van der Waals surface area (Å²) in [5, 5.41) is 0. The third kappa shape index (κ3) is 2.45. The van der Waals surface area contributed by atoms with E-state index in [1.807, 2.05) is 23.1 Å². The van der Waals surface area contributed by atoms with Gasteiger partial charge in [-0.3, -0.25) is 14.5 Å². The molecule has 0 radical (unpaired) electrons. The van der Waals surface area contributed by atoms with Gasteiger partial charge in [-0.2, -0.15) is 0 Å². The number of piperazine rings is 2. The van der Waals surface area contributed by atoms with Crippen molar-refractivity contribution in [3.63, 3.8) is 0 Å². The highest BCUT2D eigenvalue weighted by atomic mass is 16.5. The largest absolute Gasteiger partial charge is 0.496 e. The summed E-state index contributed by atoms with van der Waals surface area (Å²) in [6.45, 7) is 3.49. The highest BCUT2D eigenvalue weighted by Gasteiger charge is 2.49. The van der Waals surface area contributed by atoms with Crippen molar-refractivity contribution in [1.82, 2.24) is 14.7 Å². The summed E-state index contributed by atoms with van der Waals surface area (Å²) < 4.78 is 5.42. The molecular weight excluding hydrogens is 306 g/mol. The van der Waals surface area contributed by atoms with Crippen molar-refractivity contribution in [3.05, 3.63) is 29.8 Å². The van der Waals surface area contributed by atoms with Crippen molar-refractivity contribution in [3.8, 4) is 5.75 Å². The second-order valence-corrected chi connectivity index (χ2v) is 6.78. The lowest BCUT2D eigenvalue weighted by atomic mass is 10.0. The van der Waals surface area contributed by atoms with Gasteiger partial charge >= 0.3 is 0 Å². The van der Waals surface area contributed by atoms with Crippen LogP contribution in [-0.2, 0) is 16.1 Å². The van der Waals surface area contributed by atoms with Gasteiger partial charge in [0, 0.05) is 38.3 Å². The summed E-state index contributed by atoms with van der Waals surface area (Å²) in [6, 6.07) is 7.44. The first kappa shape index (κ1) is 15.4. The normalized spacial score (nSPS) is 27.2. The third-order valence-electron chi connectivity index (χ3n) is 5.44. The van der Waals surface area contributed by atoms with Gasteiger partial charge in [-0.1, -0.05) is 18.2 Å². The summed E-state index contributed by atoms with van der Waals surface area (Å²) in [7, 11) is 1.67. The number of benzene rings is 1. The molecule has 3 aliphatic heterocycles. The van der Waals surface area contributed by atoms with E-state index in [9.17, 15) is 9.59 Å². The number of amides is 2. The lowest BCUT2D eigenvalue weighted by molar-refractivity contribution is -0.163. The molecule has 6 nitrogen and oxygen atoms in total. The van der Waals surface area contributed by atoms with Gasteiger partial charge in [0.05, 0.1) is 7.11 Å². The summed E-state index contributed by atoms with van der Waals surface area (Å²) in [6.07, 6.45) is 1.76. The quantitative estimate of drug-likeness (QED) is 0.820. The number of rotatable bonds is 3. The molecule has 0 bridgehead atoms. The maximum Gasteiger partial charge on any atom is 0.247 e. The number of carbonyl (C=O) groups excluding carboxylic acids is 2. The van der Waals surface area contributed by atoms with Crippen molar-refractivity contribution >= 4 is 11.8 Å². The summed E-state index contributed by atoms with van der Waals surface area (Å²) in [5.41, 5.74) is 1.11. The average Bonchev–Trinajstić information content (AvgIpc) is 3.10. The molecule has 0 aliphatic carbocycles. The topological polar surface area (TPSA) is 53.1 Å². The fourth-order valence-corrected chi connectivity index (χ4v) is 4.20. The van der Waals surface area contributed by atoms with Gasteiger partial charge in [0.2, 0.25) is 11.8 Å². The zero-order valence-electron chi connectivity index (χ0n) is 14.0. The van der Waals surface area contributed by atoms with Gasteiger partial charge in [-0.15, -0.1) is 0 Å². The molecule has 128 valence electrons. The van der Waals surface area contributed by atoms with Crippen molar-refractivity contribution in [1.29, 1.82) is 0 Å². The molecule has 2 atom stereocenters. The first-order chi connectivity index (χ1) is 11.7. The lowest BCUT2D eigenvalue weighted by Gasteiger charge is -2.47. The van der Waals surface area contributed by atoms with Crippen LogP contribution in [0.3, 0.4) is 0 Å². The number of para-hydroxylation sites is 1. The van der Waals surface area contributed by atoms with E-state index < -0.39 is 0 Å². The predicted molar refractivity (Wildman–Crippen MR) is 88.5 cm³/mol. The standard InChI is InChI=1S/C18H23N3O3/c1-24-16-7-3-2-5-13(16)11-19-9-10-21-15(12-19)18(23)20-8-4-6-14(20)17(21)22/h2-3,5,7,14-15H,4,6,8-12H2,1H3/t14-,15-/m1/s1. The molecule has 0 aromatic heterocycles. The van der Waals surface area contributed by atoms with Crippen molar-refractivity contribution in [2.45, 2.75) is 31.5 Å². The Hall–Kier alpha value is -2.08. The predicted octanol–water partition coefficient (Wildman–Crippen LogP) is 0.713. The molecule has 0 unspecified atom stereocenters. The van der Waals surface area contributed by atoms with Gasteiger partial charge in [0.25, 0.3) is 0 Å². The zero-order valence-corrected chi connectivity index (χ0v) is 14.0. The highest BCUT2D eigenvalue weighted by Crippen LogP contribution is 2.29. The van der Waals surface area contributed by atoms with Gasteiger partial charge in [-0.25, -0.2) is 0 Å². The monoisotopic (exact) mass is 329 g/mol. The van der Waals surface area contributed by atoms with E-state index >= 15 is 0 Å². The van der Waals surface area contributed by atoms with Crippen LogP contribution in [0.25, 0.3) is 0 Å². The first-order valence-corrected chi connectivity index (χ1v) is 8.64. The van der Waals surface area contributed by atoms with Gasteiger partial charge in [0.1, 0.15) is 17.8 Å². The number of fused-ring (bicyclic) bond motifs is 2. The van der Waals surface area contributed by atoms with E-state index in [4.69, 9.17) is 4.74 Å². The number of ether oxygens (including phenoxy) is 1. The van der Waals surface area contributed by atoms with Crippen molar-refractivity contribution < 1.29 is 14.3 Å². The Morgan fingerprint density at radius 3 is 2.62 bits per heavy atom. The van der Waals surface area contributed by atoms with E-state index in [0.717, 1.165) is 43.8 Å². The number of hydrogen-bond donors (Lipinski definition) is 0. The first-order valence-electron chi connectivity index (χ1n) is 8.64. The Kier molecular flexibility index (Phi) is 3.92. The van der Waals surface area contributed by atoms with Crippen LogP contribution in [0.1, 0.15) is 18.4 Å². The molecule has 3 aliphatic rings. The Bertz CT molecular complexity index is 663. The molecule has 0 saturated carbocycles. The van der Waals surface area contributed by atoms with E-state index in [0.29, 0.717) is 13.1 Å². The number of methoxy groups -OCH3 is 1. The van der Waals surface area contributed by atoms with Crippen LogP contribution in [0.15, 0.2) is 24.3 Å². The smallest absolute Gasteiger partial charge is 0.247 e. The maximum atomic E-state index is 12.8. The van der Waals surface area contributed by atoms with Crippen LogP contribution in [0, 0.1) is 0 Å². The van der Waals surface area contributed by atoms with E-state index in [1.165, 1.54) is 0 Å². The van der Waals surface area contributed by atoms with Crippen LogP contribution in [-0.4, -0.2) is 71.9 Å². The minimum absolute atomic E-state index is 0.127. The minimum atomic E-state index is -0.324. The highest BCUT2D eigenvalue weighted by molar-refractivity contribution is 5.97. The fraction of sp³-hybridized carbons (Fsp3) is 0.556. The van der Waals surface area contributed by atoms with Gasteiger partial charge in [-0.05, 0) is 18.9 Å². The SMILES string of the molecule is COc1ccccc1CN1CCN2C(=O)[C@H]3CCCN3C(=O)[C@H]2C1. The number of carbonyl (C=O) groups is 2. The molecule has 1 aromatic rings. The molecule has 6 heteroatoms. The van der Waals surface area contributed by atoms with E-state index in [-0.39, 0.29) is 23.9 Å². The summed E-state index contributed by atoms with van der Waals surface area (Å²) in [4.78, 5) is 31.3. The van der Waals surface area contributed by atoms with Crippen LogP contribution in [0.4, 0.5) is 0 Å². The molecule has 0 N–H and O–H groups in total. The van der Waals surface area contributed by atoms with Crippen molar-refractivity contribution in [2.24, 2.45) is 0 Å². The molecule has 4 rings (SSSR count). The van der Waals surface area contributed by atoms with Crippen LogP contribution in [0.2, 0.25) is 0 Å². The molecule has 3 heterocycles. The second-order valence-electron chi connectivity index (χ2n) is 6.78. The minimum Gasteiger partial charge on any atom is -0.496 e. The van der Waals surface area contributed by atoms with Crippen LogP contribution >= 0.6 is 0 Å². The fourth-order valence-electron chi connectivity index (χ4n) is 4.20. The molecule has 3 saturated heterocycles. The van der Waals surface area contributed by atoms with E-state index in [1.54, 1.807) is 12.0 Å². The molecular formula is C18H23N3O3. The number of hydrogen-bond acceptors (Lipinski definition) is 4. The molecule has 1 aromatic carbocycles. The Morgan fingerprint density at radius 1 is 1.04 bits per heavy atom. The zero-order chi connectivity index (χ0) is 16.7. The number of nitrogens with zero attached hydrogens (tertiary/aromatic N) is 3. The van der Waals surface area contributed by atoms with Crippen molar-refractivity contribution in [2.75, 3.05) is 33.3 Å². The molecule has 24 heavy (non-hydrogen) atoms. The Balaban J connectivity index is 1.50. The van der Waals surface area contributed by atoms with Crippen LogP contribution < -0.4 is 4.74 Å². The average molecular weight is 329 g/mol. The Labute approximate surface area is 142 Å². The Morgan fingerprint density at radius 2 is 1.79 bits per heavy atom.